The number of aromatic amines is 1. The van der Waals surface area contributed by atoms with Gasteiger partial charge in [0.05, 0.1) is 12.6 Å². The molecule has 1 saturated carbocycles. The molecule has 0 aliphatic heterocycles. The molecule has 1 aliphatic carbocycles. The topological polar surface area (TPSA) is 66.0 Å². The van der Waals surface area contributed by atoms with Crippen LogP contribution < -0.4 is 0 Å². The molecule has 1 aliphatic rings. The zero-order chi connectivity index (χ0) is 9.26. The zero-order valence-corrected chi connectivity index (χ0v) is 7.29. The Hall–Kier alpha value is -1.32. The van der Waals surface area contributed by atoms with Gasteiger partial charge in [0.1, 0.15) is 0 Å². The van der Waals surface area contributed by atoms with Crippen LogP contribution in [-0.2, 0) is 11.2 Å². The summed E-state index contributed by atoms with van der Waals surface area (Å²) in [6.07, 6.45) is 5.28. The summed E-state index contributed by atoms with van der Waals surface area (Å²) >= 11 is 0. The molecule has 1 fully saturated rings. The number of carboxylic acids is 1. The predicted octanol–water partition coefficient (Wildman–Crippen LogP) is 1.30. The standard InChI is InChI=1S/C9H12N2O2/c12-8(13)4-7-5-10-11-9(7)6-2-1-3-6/h5-6H,1-4H2,(H,10,11)(H,12,13). The molecule has 0 radical (unpaired) electrons. The number of hydrogen-bond donors (Lipinski definition) is 2. The van der Waals surface area contributed by atoms with Crippen molar-refractivity contribution >= 4 is 5.97 Å². The van der Waals surface area contributed by atoms with Gasteiger partial charge >= 0.3 is 5.97 Å². The van der Waals surface area contributed by atoms with Crippen LogP contribution in [0.5, 0.6) is 0 Å². The SMILES string of the molecule is O=C(O)Cc1cn[nH]c1C1CCC1. The lowest BCUT2D eigenvalue weighted by atomic mass is 9.81. The van der Waals surface area contributed by atoms with Crippen LogP contribution in [0.3, 0.4) is 0 Å². The Morgan fingerprint density at radius 3 is 3.00 bits per heavy atom. The Morgan fingerprint density at radius 1 is 1.69 bits per heavy atom. The van der Waals surface area contributed by atoms with Crippen molar-refractivity contribution in [1.29, 1.82) is 0 Å². The minimum absolute atomic E-state index is 0.0856. The maximum atomic E-state index is 10.5. The Kier molecular flexibility index (Phi) is 2.04. The molecule has 0 saturated heterocycles. The third-order valence-corrected chi connectivity index (χ3v) is 2.61. The first-order valence-electron chi connectivity index (χ1n) is 4.51. The summed E-state index contributed by atoms with van der Waals surface area (Å²) in [7, 11) is 0. The van der Waals surface area contributed by atoms with Gasteiger partial charge in [-0.05, 0) is 12.8 Å². The minimum atomic E-state index is -0.790. The summed E-state index contributed by atoms with van der Waals surface area (Å²) in [4.78, 5) is 10.5. The van der Waals surface area contributed by atoms with Gasteiger partial charge in [0, 0.05) is 17.2 Å². The molecule has 70 valence electrons. The van der Waals surface area contributed by atoms with Crippen LogP contribution in [0.25, 0.3) is 0 Å². The summed E-state index contributed by atoms with van der Waals surface area (Å²) in [5.74, 6) is -0.265. The van der Waals surface area contributed by atoms with Gasteiger partial charge in [-0.3, -0.25) is 9.89 Å². The van der Waals surface area contributed by atoms with Crippen molar-refractivity contribution in [3.63, 3.8) is 0 Å². The number of nitrogens with zero attached hydrogens (tertiary/aromatic N) is 1. The quantitative estimate of drug-likeness (QED) is 0.736. The monoisotopic (exact) mass is 180 g/mol. The van der Waals surface area contributed by atoms with Gasteiger partial charge in [-0.15, -0.1) is 0 Å². The Balaban J connectivity index is 2.14. The Bertz CT molecular complexity index is 315. The first kappa shape index (κ1) is 8.29. The first-order valence-corrected chi connectivity index (χ1v) is 4.51. The lowest BCUT2D eigenvalue weighted by Crippen LogP contribution is -2.12. The van der Waals surface area contributed by atoms with E-state index in [2.05, 4.69) is 10.2 Å². The maximum absolute atomic E-state index is 10.5. The van der Waals surface area contributed by atoms with Gasteiger partial charge in [0.2, 0.25) is 0 Å². The highest BCUT2D eigenvalue weighted by atomic mass is 16.4. The van der Waals surface area contributed by atoms with Crippen molar-refractivity contribution in [3.8, 4) is 0 Å². The first-order chi connectivity index (χ1) is 6.27. The maximum Gasteiger partial charge on any atom is 0.307 e. The highest BCUT2D eigenvalue weighted by Crippen LogP contribution is 2.36. The highest BCUT2D eigenvalue weighted by Gasteiger charge is 2.24. The third kappa shape index (κ3) is 1.56. The molecule has 2 rings (SSSR count). The average molecular weight is 180 g/mol. The number of aromatic nitrogens is 2. The predicted molar refractivity (Wildman–Crippen MR) is 46.5 cm³/mol. The summed E-state index contributed by atoms with van der Waals surface area (Å²) < 4.78 is 0. The fourth-order valence-corrected chi connectivity index (χ4v) is 1.68. The molecule has 2 N–H and O–H groups in total. The van der Waals surface area contributed by atoms with E-state index in [-0.39, 0.29) is 6.42 Å². The molecule has 0 aromatic carbocycles. The van der Waals surface area contributed by atoms with E-state index in [1.54, 1.807) is 6.20 Å². The third-order valence-electron chi connectivity index (χ3n) is 2.61. The second-order valence-electron chi connectivity index (χ2n) is 3.51. The molecule has 1 aromatic heterocycles. The fourth-order valence-electron chi connectivity index (χ4n) is 1.68. The van der Waals surface area contributed by atoms with Crippen LogP contribution in [0.1, 0.15) is 36.4 Å². The van der Waals surface area contributed by atoms with Gasteiger partial charge < -0.3 is 5.11 Å². The van der Waals surface area contributed by atoms with Gasteiger partial charge in [0.15, 0.2) is 0 Å². The summed E-state index contributed by atoms with van der Waals surface area (Å²) in [6, 6.07) is 0. The van der Waals surface area contributed by atoms with E-state index in [1.807, 2.05) is 0 Å². The fraction of sp³-hybridized carbons (Fsp3) is 0.556. The average Bonchev–Trinajstić information content (AvgIpc) is 2.32. The lowest BCUT2D eigenvalue weighted by Gasteiger charge is -2.24. The number of carbonyl (C=O) groups is 1. The number of nitrogens with one attached hydrogen (secondary N) is 1. The van der Waals surface area contributed by atoms with E-state index in [4.69, 9.17) is 5.11 Å². The lowest BCUT2D eigenvalue weighted by molar-refractivity contribution is -0.136. The largest absolute Gasteiger partial charge is 0.481 e. The molecule has 0 atom stereocenters. The van der Waals surface area contributed by atoms with Gasteiger partial charge in [0.25, 0.3) is 0 Å². The van der Waals surface area contributed by atoms with E-state index in [0.29, 0.717) is 5.92 Å². The molecular weight excluding hydrogens is 168 g/mol. The number of aliphatic carboxylic acids is 1. The van der Waals surface area contributed by atoms with E-state index in [9.17, 15) is 4.79 Å². The molecular formula is C9H12N2O2. The van der Waals surface area contributed by atoms with Crippen molar-refractivity contribution in [1.82, 2.24) is 10.2 Å². The smallest absolute Gasteiger partial charge is 0.307 e. The molecule has 4 nitrogen and oxygen atoms in total. The van der Waals surface area contributed by atoms with Crippen LogP contribution >= 0.6 is 0 Å². The minimum Gasteiger partial charge on any atom is -0.481 e. The van der Waals surface area contributed by atoms with Gasteiger partial charge in [-0.1, -0.05) is 6.42 Å². The summed E-state index contributed by atoms with van der Waals surface area (Å²) in [5, 5.41) is 15.4. The van der Waals surface area contributed by atoms with Crippen LogP contribution in [-0.4, -0.2) is 21.3 Å². The zero-order valence-electron chi connectivity index (χ0n) is 7.29. The van der Waals surface area contributed by atoms with Crippen LogP contribution in [0.15, 0.2) is 6.20 Å². The molecule has 13 heavy (non-hydrogen) atoms. The molecule has 0 amide bonds. The van der Waals surface area contributed by atoms with E-state index in [1.165, 1.54) is 6.42 Å². The Morgan fingerprint density at radius 2 is 2.46 bits per heavy atom. The van der Waals surface area contributed by atoms with Crippen molar-refractivity contribution < 1.29 is 9.90 Å². The molecule has 4 heteroatoms. The van der Waals surface area contributed by atoms with E-state index < -0.39 is 5.97 Å². The van der Waals surface area contributed by atoms with E-state index in [0.717, 1.165) is 24.1 Å². The number of carboxylic acid groups (broad SMARTS) is 1. The van der Waals surface area contributed by atoms with Crippen molar-refractivity contribution in [2.75, 3.05) is 0 Å². The number of hydrogen-bond acceptors (Lipinski definition) is 2. The van der Waals surface area contributed by atoms with Crippen molar-refractivity contribution in [2.24, 2.45) is 0 Å². The molecule has 1 aromatic rings. The molecule has 0 bridgehead atoms. The van der Waals surface area contributed by atoms with Crippen LogP contribution in [0, 0.1) is 0 Å². The Labute approximate surface area is 76.0 Å². The molecule has 0 spiro atoms. The van der Waals surface area contributed by atoms with Crippen LogP contribution in [0.4, 0.5) is 0 Å². The number of H-pyrrole nitrogens is 1. The molecule has 0 unspecified atom stereocenters. The van der Waals surface area contributed by atoms with Crippen LogP contribution in [0.2, 0.25) is 0 Å². The second kappa shape index (κ2) is 3.20. The number of rotatable bonds is 3. The normalized spacial score (nSPS) is 16.9. The highest BCUT2D eigenvalue weighted by molar-refractivity contribution is 5.70. The van der Waals surface area contributed by atoms with E-state index >= 15 is 0 Å². The van der Waals surface area contributed by atoms with Gasteiger partial charge in [-0.25, -0.2) is 0 Å². The van der Waals surface area contributed by atoms with Crippen molar-refractivity contribution in [2.45, 2.75) is 31.6 Å². The molecule has 1 heterocycles. The van der Waals surface area contributed by atoms with Gasteiger partial charge in [-0.2, -0.15) is 5.10 Å². The second-order valence-corrected chi connectivity index (χ2v) is 3.51. The summed E-state index contributed by atoms with van der Waals surface area (Å²) in [6.45, 7) is 0. The summed E-state index contributed by atoms with van der Waals surface area (Å²) in [5.41, 5.74) is 1.88. The van der Waals surface area contributed by atoms with Crippen molar-refractivity contribution in [3.05, 3.63) is 17.5 Å².